The van der Waals surface area contributed by atoms with Crippen LogP contribution < -0.4 is 5.32 Å². The van der Waals surface area contributed by atoms with E-state index in [-0.39, 0.29) is 17.4 Å². The fourth-order valence-electron chi connectivity index (χ4n) is 1.47. The molecule has 4 nitrogen and oxygen atoms in total. The maximum atomic E-state index is 11.8. The number of ether oxygens (including phenoxy) is 2. The molecule has 0 aliphatic carbocycles. The van der Waals surface area contributed by atoms with Crippen molar-refractivity contribution >= 4 is 5.91 Å². The molecule has 0 heterocycles. The Hall–Kier alpha value is -0.610. The van der Waals surface area contributed by atoms with Crippen molar-refractivity contribution in [3.63, 3.8) is 0 Å². The maximum Gasteiger partial charge on any atom is 0.220 e. The fraction of sp³-hybridized carbons (Fsp3) is 0.923. The Morgan fingerprint density at radius 1 is 1.18 bits per heavy atom. The maximum absolute atomic E-state index is 11.8. The van der Waals surface area contributed by atoms with Gasteiger partial charge < -0.3 is 14.8 Å². The number of methoxy groups -OCH3 is 2. The third-order valence-electron chi connectivity index (χ3n) is 3.23. The predicted octanol–water partition coefficient (Wildman–Crippen LogP) is 2.18. The number of nitrogens with one attached hydrogen (secondary N) is 1. The molecule has 0 fully saturated rings. The van der Waals surface area contributed by atoms with Gasteiger partial charge in [0, 0.05) is 20.6 Å². The number of hydrogen-bond acceptors (Lipinski definition) is 3. The molecule has 102 valence electrons. The Labute approximate surface area is 105 Å². The van der Waals surface area contributed by atoms with Gasteiger partial charge in [0.05, 0.1) is 6.04 Å². The van der Waals surface area contributed by atoms with Crippen LogP contribution in [0, 0.1) is 11.3 Å². The van der Waals surface area contributed by atoms with E-state index in [1.54, 1.807) is 14.2 Å². The Morgan fingerprint density at radius 2 is 1.65 bits per heavy atom. The summed E-state index contributed by atoms with van der Waals surface area (Å²) in [5, 5.41) is 2.90. The van der Waals surface area contributed by atoms with Crippen LogP contribution in [0.4, 0.5) is 0 Å². The van der Waals surface area contributed by atoms with E-state index in [1.807, 2.05) is 6.92 Å². The van der Waals surface area contributed by atoms with Gasteiger partial charge in [-0.15, -0.1) is 0 Å². The molecule has 1 amide bonds. The summed E-state index contributed by atoms with van der Waals surface area (Å²) < 4.78 is 10.2. The molecule has 0 radical (unpaired) electrons. The molecule has 2 unspecified atom stereocenters. The highest BCUT2D eigenvalue weighted by Gasteiger charge is 2.24. The second-order valence-electron chi connectivity index (χ2n) is 5.67. The molecule has 2 atom stereocenters. The number of amides is 1. The first kappa shape index (κ1) is 16.4. The van der Waals surface area contributed by atoms with Gasteiger partial charge in [0.1, 0.15) is 0 Å². The van der Waals surface area contributed by atoms with E-state index in [0.717, 1.165) is 0 Å². The molecule has 0 aliphatic heterocycles. The summed E-state index contributed by atoms with van der Waals surface area (Å²) in [5.74, 6) is 0.372. The van der Waals surface area contributed by atoms with Gasteiger partial charge in [0.25, 0.3) is 0 Å². The summed E-state index contributed by atoms with van der Waals surface area (Å²) in [7, 11) is 3.13. The van der Waals surface area contributed by atoms with E-state index in [0.29, 0.717) is 12.3 Å². The minimum atomic E-state index is -0.399. The second kappa shape index (κ2) is 6.97. The standard InChI is InChI=1S/C13H27NO3/c1-9(13(3,4)5)8-11(15)14-10(2)12(16-6)17-7/h9-10,12H,8H2,1-7H3,(H,14,15). The van der Waals surface area contributed by atoms with Crippen LogP contribution in [-0.2, 0) is 14.3 Å². The smallest absolute Gasteiger partial charge is 0.220 e. The Morgan fingerprint density at radius 3 is 2.00 bits per heavy atom. The average Bonchev–Trinajstić information content (AvgIpc) is 2.17. The van der Waals surface area contributed by atoms with E-state index >= 15 is 0 Å². The lowest BCUT2D eigenvalue weighted by atomic mass is 9.80. The van der Waals surface area contributed by atoms with Gasteiger partial charge in [0.15, 0.2) is 6.29 Å². The largest absolute Gasteiger partial charge is 0.354 e. The van der Waals surface area contributed by atoms with Crippen LogP contribution in [0.1, 0.15) is 41.0 Å². The predicted molar refractivity (Wildman–Crippen MR) is 68.6 cm³/mol. The molecule has 0 saturated carbocycles. The molecule has 4 heteroatoms. The van der Waals surface area contributed by atoms with Gasteiger partial charge in [-0.25, -0.2) is 0 Å². The molecule has 0 bridgehead atoms. The first-order valence-corrected chi connectivity index (χ1v) is 6.07. The zero-order valence-electron chi connectivity index (χ0n) is 12.2. The van der Waals surface area contributed by atoms with Crippen LogP contribution in [0.3, 0.4) is 0 Å². The summed E-state index contributed by atoms with van der Waals surface area (Å²) >= 11 is 0. The van der Waals surface area contributed by atoms with E-state index in [4.69, 9.17) is 9.47 Å². The third kappa shape index (κ3) is 6.03. The van der Waals surface area contributed by atoms with Crippen LogP contribution in [0.15, 0.2) is 0 Å². The zero-order valence-corrected chi connectivity index (χ0v) is 12.2. The van der Waals surface area contributed by atoms with Crippen molar-refractivity contribution in [3.8, 4) is 0 Å². The first-order chi connectivity index (χ1) is 7.72. The van der Waals surface area contributed by atoms with E-state index in [1.165, 1.54) is 0 Å². The minimum Gasteiger partial charge on any atom is -0.354 e. The van der Waals surface area contributed by atoms with Crippen molar-refractivity contribution in [2.75, 3.05) is 14.2 Å². The zero-order chi connectivity index (χ0) is 13.6. The monoisotopic (exact) mass is 245 g/mol. The summed E-state index contributed by atoms with van der Waals surface area (Å²) in [6, 6.07) is -0.148. The molecular weight excluding hydrogens is 218 g/mol. The van der Waals surface area contributed by atoms with Crippen molar-refractivity contribution in [2.45, 2.75) is 53.4 Å². The molecule has 0 aromatic carbocycles. The van der Waals surface area contributed by atoms with Crippen molar-refractivity contribution in [3.05, 3.63) is 0 Å². The summed E-state index contributed by atoms with van der Waals surface area (Å²) in [6.45, 7) is 10.4. The molecule has 0 spiro atoms. The highest BCUT2D eigenvalue weighted by Crippen LogP contribution is 2.27. The van der Waals surface area contributed by atoms with Gasteiger partial charge in [-0.1, -0.05) is 27.7 Å². The Balaban J connectivity index is 4.18. The lowest BCUT2D eigenvalue weighted by molar-refractivity contribution is -0.136. The highest BCUT2D eigenvalue weighted by molar-refractivity contribution is 5.76. The molecular formula is C13H27NO3. The van der Waals surface area contributed by atoms with Crippen LogP contribution >= 0.6 is 0 Å². The average molecular weight is 245 g/mol. The molecule has 1 N–H and O–H groups in total. The second-order valence-corrected chi connectivity index (χ2v) is 5.67. The highest BCUT2D eigenvalue weighted by atomic mass is 16.7. The molecule has 0 aromatic heterocycles. The summed E-state index contributed by atoms with van der Waals surface area (Å²) in [4.78, 5) is 11.8. The lowest BCUT2D eigenvalue weighted by Crippen LogP contribution is -2.43. The number of rotatable bonds is 6. The molecule has 17 heavy (non-hydrogen) atoms. The molecule has 0 aliphatic rings. The Kier molecular flexibility index (Phi) is 6.72. The number of carbonyl (C=O) groups is 1. The lowest BCUT2D eigenvalue weighted by Gasteiger charge is -2.28. The van der Waals surface area contributed by atoms with E-state index in [9.17, 15) is 4.79 Å². The molecule has 0 aromatic rings. The normalized spacial score (nSPS) is 15.8. The molecule has 0 rings (SSSR count). The van der Waals surface area contributed by atoms with Crippen molar-refractivity contribution in [2.24, 2.45) is 11.3 Å². The molecule has 0 saturated heterocycles. The Bertz CT molecular complexity index is 231. The van der Waals surface area contributed by atoms with Gasteiger partial charge in [-0.2, -0.15) is 0 Å². The van der Waals surface area contributed by atoms with Gasteiger partial charge in [-0.05, 0) is 18.3 Å². The van der Waals surface area contributed by atoms with Crippen LogP contribution in [0.25, 0.3) is 0 Å². The van der Waals surface area contributed by atoms with Crippen LogP contribution in [-0.4, -0.2) is 32.5 Å². The minimum absolute atomic E-state index is 0.0408. The third-order valence-corrected chi connectivity index (χ3v) is 3.23. The van der Waals surface area contributed by atoms with Crippen molar-refractivity contribution in [1.82, 2.24) is 5.32 Å². The van der Waals surface area contributed by atoms with E-state index < -0.39 is 6.29 Å². The van der Waals surface area contributed by atoms with Gasteiger partial charge in [-0.3, -0.25) is 4.79 Å². The fourth-order valence-corrected chi connectivity index (χ4v) is 1.47. The van der Waals surface area contributed by atoms with Crippen molar-refractivity contribution < 1.29 is 14.3 Å². The van der Waals surface area contributed by atoms with Gasteiger partial charge in [0.2, 0.25) is 5.91 Å². The van der Waals surface area contributed by atoms with Gasteiger partial charge >= 0.3 is 0 Å². The summed E-state index contributed by atoms with van der Waals surface area (Å²) in [6.07, 6.45) is 0.123. The number of carbonyl (C=O) groups excluding carboxylic acids is 1. The quantitative estimate of drug-likeness (QED) is 0.730. The first-order valence-electron chi connectivity index (χ1n) is 6.07. The van der Waals surface area contributed by atoms with Crippen molar-refractivity contribution in [1.29, 1.82) is 0 Å². The topological polar surface area (TPSA) is 47.6 Å². The van der Waals surface area contributed by atoms with Crippen LogP contribution in [0.2, 0.25) is 0 Å². The number of hydrogen-bond donors (Lipinski definition) is 1. The van der Waals surface area contributed by atoms with Crippen LogP contribution in [0.5, 0.6) is 0 Å². The summed E-state index contributed by atoms with van der Waals surface area (Å²) in [5.41, 5.74) is 0.141. The van der Waals surface area contributed by atoms with E-state index in [2.05, 4.69) is 33.0 Å². The SMILES string of the molecule is COC(OC)C(C)NC(=O)CC(C)C(C)(C)C.